The summed E-state index contributed by atoms with van der Waals surface area (Å²) in [7, 11) is 0. The van der Waals surface area contributed by atoms with Crippen molar-refractivity contribution in [3.05, 3.63) is 29.6 Å². The molecule has 1 aliphatic heterocycles. The monoisotopic (exact) mass is 251 g/mol. The molecule has 1 aromatic carbocycles. The predicted molar refractivity (Wildman–Crippen MR) is 69.0 cm³/mol. The summed E-state index contributed by atoms with van der Waals surface area (Å²) in [5, 5.41) is 0. The molecular formula is C13H18FN3O. The van der Waals surface area contributed by atoms with E-state index >= 15 is 0 Å². The van der Waals surface area contributed by atoms with Gasteiger partial charge in [-0.2, -0.15) is 0 Å². The highest BCUT2D eigenvalue weighted by atomic mass is 19.1. The quantitative estimate of drug-likeness (QED) is 0.797. The van der Waals surface area contributed by atoms with E-state index in [2.05, 4.69) is 0 Å². The molecule has 0 spiro atoms. The summed E-state index contributed by atoms with van der Waals surface area (Å²) in [6.07, 6.45) is 1.54. The summed E-state index contributed by atoms with van der Waals surface area (Å²) in [5.74, 6) is -0.208. The lowest BCUT2D eigenvalue weighted by atomic mass is 10.1. The maximum absolute atomic E-state index is 14.0. The molecule has 0 bridgehead atoms. The average molecular weight is 251 g/mol. The molecule has 1 saturated heterocycles. The first-order chi connectivity index (χ1) is 8.74. The molecule has 5 heteroatoms. The van der Waals surface area contributed by atoms with Crippen LogP contribution in [-0.4, -0.2) is 44.0 Å². The average Bonchev–Trinajstić information content (AvgIpc) is 2.40. The van der Waals surface area contributed by atoms with E-state index in [0.717, 1.165) is 12.0 Å². The van der Waals surface area contributed by atoms with Gasteiger partial charge in [0.25, 0.3) is 0 Å². The van der Waals surface area contributed by atoms with E-state index in [4.69, 9.17) is 5.73 Å². The Morgan fingerprint density at radius 2 is 2.00 bits per heavy atom. The first-order valence-corrected chi connectivity index (χ1v) is 6.17. The minimum absolute atomic E-state index is 0.208. The second-order valence-corrected chi connectivity index (χ2v) is 4.45. The summed E-state index contributed by atoms with van der Waals surface area (Å²) in [4.78, 5) is 14.3. The van der Waals surface area contributed by atoms with Gasteiger partial charge in [-0.1, -0.05) is 6.07 Å². The van der Waals surface area contributed by atoms with E-state index in [-0.39, 0.29) is 5.82 Å². The topological polar surface area (TPSA) is 49.6 Å². The lowest BCUT2D eigenvalue weighted by Gasteiger charge is -2.34. The molecule has 2 rings (SSSR count). The Morgan fingerprint density at radius 3 is 2.56 bits per heavy atom. The molecule has 0 aromatic heterocycles. The smallest absolute Gasteiger partial charge is 0.209 e. The number of hydrogen-bond donors (Lipinski definition) is 1. The Kier molecular flexibility index (Phi) is 4.15. The Labute approximate surface area is 106 Å². The van der Waals surface area contributed by atoms with E-state index in [9.17, 15) is 9.18 Å². The van der Waals surface area contributed by atoms with Crippen LogP contribution in [0.2, 0.25) is 0 Å². The van der Waals surface area contributed by atoms with E-state index in [1.807, 2.05) is 11.0 Å². The van der Waals surface area contributed by atoms with Gasteiger partial charge in [0.1, 0.15) is 5.82 Å². The Hall–Kier alpha value is -1.62. The summed E-state index contributed by atoms with van der Waals surface area (Å²) in [5.41, 5.74) is 6.98. The molecule has 0 saturated carbocycles. The van der Waals surface area contributed by atoms with Gasteiger partial charge in [-0.15, -0.1) is 0 Å². The third-order valence-corrected chi connectivity index (χ3v) is 3.25. The number of carbonyl (C=O) groups excluding carboxylic acids is 1. The van der Waals surface area contributed by atoms with Crippen molar-refractivity contribution in [3.8, 4) is 0 Å². The highest BCUT2D eigenvalue weighted by Gasteiger charge is 2.18. The van der Waals surface area contributed by atoms with Crippen molar-refractivity contribution in [1.82, 2.24) is 4.90 Å². The van der Waals surface area contributed by atoms with Crippen LogP contribution in [0.5, 0.6) is 0 Å². The summed E-state index contributed by atoms with van der Waals surface area (Å²) in [6, 6.07) is 5.27. The SMILES string of the molecule is NCCc1ccc(N2CCN(C=O)CC2)c(F)c1. The van der Waals surface area contributed by atoms with E-state index in [0.29, 0.717) is 44.8 Å². The molecule has 1 aromatic rings. The largest absolute Gasteiger partial charge is 0.366 e. The fraction of sp³-hybridized carbons (Fsp3) is 0.462. The standard InChI is InChI=1S/C13H18FN3O/c14-12-9-11(3-4-15)1-2-13(12)17-7-5-16(10-18)6-8-17/h1-2,9-10H,3-8,15H2. The van der Waals surface area contributed by atoms with Crippen LogP contribution in [0, 0.1) is 5.82 Å². The van der Waals surface area contributed by atoms with Gasteiger partial charge in [-0.05, 0) is 30.7 Å². The van der Waals surface area contributed by atoms with Crippen LogP contribution >= 0.6 is 0 Å². The molecule has 0 unspecified atom stereocenters. The van der Waals surface area contributed by atoms with Crippen LogP contribution in [0.3, 0.4) is 0 Å². The zero-order valence-corrected chi connectivity index (χ0v) is 10.3. The maximum atomic E-state index is 14.0. The number of benzene rings is 1. The van der Waals surface area contributed by atoms with Gasteiger partial charge in [-0.25, -0.2) is 4.39 Å². The molecular weight excluding hydrogens is 233 g/mol. The van der Waals surface area contributed by atoms with E-state index < -0.39 is 0 Å². The molecule has 1 amide bonds. The minimum atomic E-state index is -0.208. The Balaban J connectivity index is 2.07. The maximum Gasteiger partial charge on any atom is 0.209 e. The lowest BCUT2D eigenvalue weighted by molar-refractivity contribution is -0.118. The van der Waals surface area contributed by atoms with Crippen LogP contribution in [-0.2, 0) is 11.2 Å². The van der Waals surface area contributed by atoms with Crippen LogP contribution in [0.4, 0.5) is 10.1 Å². The molecule has 2 N–H and O–H groups in total. The number of anilines is 1. The molecule has 1 heterocycles. The van der Waals surface area contributed by atoms with Crippen molar-refractivity contribution in [3.63, 3.8) is 0 Å². The Morgan fingerprint density at radius 1 is 1.28 bits per heavy atom. The Bertz CT molecular complexity index is 417. The van der Waals surface area contributed by atoms with Gasteiger partial charge >= 0.3 is 0 Å². The molecule has 0 atom stereocenters. The highest BCUT2D eigenvalue weighted by molar-refractivity contribution is 5.52. The first kappa shape index (κ1) is 12.8. The van der Waals surface area contributed by atoms with Crippen LogP contribution < -0.4 is 10.6 Å². The van der Waals surface area contributed by atoms with E-state index in [1.54, 1.807) is 17.0 Å². The van der Waals surface area contributed by atoms with Crippen LogP contribution in [0.25, 0.3) is 0 Å². The number of nitrogens with two attached hydrogens (primary N) is 1. The van der Waals surface area contributed by atoms with Crippen LogP contribution in [0.15, 0.2) is 18.2 Å². The number of piperazine rings is 1. The van der Waals surface area contributed by atoms with Gasteiger partial charge in [0.05, 0.1) is 5.69 Å². The highest BCUT2D eigenvalue weighted by Crippen LogP contribution is 2.21. The first-order valence-electron chi connectivity index (χ1n) is 6.17. The predicted octanol–water partition coefficient (Wildman–Crippen LogP) is 0.605. The van der Waals surface area contributed by atoms with Gasteiger partial charge in [0, 0.05) is 26.2 Å². The van der Waals surface area contributed by atoms with Crippen molar-refractivity contribution in [2.75, 3.05) is 37.6 Å². The van der Waals surface area contributed by atoms with Gasteiger partial charge in [-0.3, -0.25) is 4.79 Å². The van der Waals surface area contributed by atoms with Crippen LogP contribution in [0.1, 0.15) is 5.56 Å². The van der Waals surface area contributed by atoms with Gasteiger partial charge < -0.3 is 15.5 Å². The zero-order chi connectivity index (χ0) is 13.0. The van der Waals surface area contributed by atoms with Crippen molar-refractivity contribution >= 4 is 12.1 Å². The fourth-order valence-electron chi connectivity index (χ4n) is 2.20. The van der Waals surface area contributed by atoms with Crippen molar-refractivity contribution in [2.24, 2.45) is 5.73 Å². The third-order valence-electron chi connectivity index (χ3n) is 3.25. The number of amides is 1. The summed E-state index contributed by atoms with van der Waals surface area (Å²) >= 11 is 0. The van der Waals surface area contributed by atoms with Crippen molar-refractivity contribution in [1.29, 1.82) is 0 Å². The molecule has 18 heavy (non-hydrogen) atoms. The lowest BCUT2D eigenvalue weighted by Crippen LogP contribution is -2.46. The second-order valence-electron chi connectivity index (χ2n) is 4.45. The molecule has 1 aliphatic rings. The number of rotatable bonds is 4. The molecule has 1 fully saturated rings. The zero-order valence-electron chi connectivity index (χ0n) is 10.3. The third kappa shape index (κ3) is 2.79. The van der Waals surface area contributed by atoms with Crippen molar-refractivity contribution in [2.45, 2.75) is 6.42 Å². The molecule has 98 valence electrons. The fourth-order valence-corrected chi connectivity index (χ4v) is 2.20. The molecule has 4 nitrogen and oxygen atoms in total. The van der Waals surface area contributed by atoms with Gasteiger partial charge in [0.2, 0.25) is 6.41 Å². The van der Waals surface area contributed by atoms with Crippen molar-refractivity contribution < 1.29 is 9.18 Å². The normalized spacial score (nSPS) is 15.9. The second kappa shape index (κ2) is 5.82. The summed E-state index contributed by atoms with van der Waals surface area (Å²) in [6.45, 7) is 3.16. The number of nitrogens with zero attached hydrogens (tertiary/aromatic N) is 2. The number of carbonyl (C=O) groups is 1. The molecule has 0 aliphatic carbocycles. The van der Waals surface area contributed by atoms with E-state index in [1.165, 1.54) is 0 Å². The molecule has 0 radical (unpaired) electrons. The minimum Gasteiger partial charge on any atom is -0.366 e. The number of halogens is 1. The number of hydrogen-bond acceptors (Lipinski definition) is 3. The summed E-state index contributed by atoms with van der Waals surface area (Å²) < 4.78 is 14.0. The van der Waals surface area contributed by atoms with Gasteiger partial charge in [0.15, 0.2) is 0 Å².